The third-order valence-electron chi connectivity index (χ3n) is 2.68. The van der Waals surface area contributed by atoms with Crippen LogP contribution in [0.5, 0.6) is 5.75 Å². The highest BCUT2D eigenvalue weighted by molar-refractivity contribution is 5.79. The normalized spacial score (nSPS) is 12.4. The van der Waals surface area contributed by atoms with E-state index >= 15 is 0 Å². The Hall–Kier alpha value is -1.55. The summed E-state index contributed by atoms with van der Waals surface area (Å²) >= 11 is 0. The Kier molecular flexibility index (Phi) is 5.65. The molecular weight excluding hydrogens is 228 g/mol. The van der Waals surface area contributed by atoms with Crippen LogP contribution in [0.2, 0.25) is 0 Å². The maximum absolute atomic E-state index is 11.8. The summed E-state index contributed by atoms with van der Waals surface area (Å²) in [5.41, 5.74) is 6.43. The monoisotopic (exact) mass is 250 g/mol. The lowest BCUT2D eigenvalue weighted by Crippen LogP contribution is -2.41. The highest BCUT2D eigenvalue weighted by Crippen LogP contribution is 2.11. The van der Waals surface area contributed by atoms with E-state index < -0.39 is 0 Å². The van der Waals surface area contributed by atoms with E-state index in [4.69, 9.17) is 5.73 Å². The fourth-order valence-electron chi connectivity index (χ4n) is 1.91. The summed E-state index contributed by atoms with van der Waals surface area (Å²) in [4.78, 5) is 11.8. The van der Waals surface area contributed by atoms with Gasteiger partial charge in [-0.1, -0.05) is 26.0 Å². The first kappa shape index (κ1) is 14.5. The number of carbonyl (C=O) groups is 1. The van der Waals surface area contributed by atoms with E-state index in [1.54, 1.807) is 18.2 Å². The summed E-state index contributed by atoms with van der Waals surface area (Å²) in [5, 5.41) is 12.2. The third-order valence-corrected chi connectivity index (χ3v) is 2.68. The molecule has 18 heavy (non-hydrogen) atoms. The van der Waals surface area contributed by atoms with Crippen LogP contribution in [-0.4, -0.2) is 23.6 Å². The van der Waals surface area contributed by atoms with Crippen molar-refractivity contribution >= 4 is 5.91 Å². The zero-order chi connectivity index (χ0) is 13.5. The second-order valence-electron chi connectivity index (χ2n) is 4.98. The van der Waals surface area contributed by atoms with Crippen molar-refractivity contribution in [1.29, 1.82) is 0 Å². The van der Waals surface area contributed by atoms with Crippen LogP contribution in [-0.2, 0) is 11.2 Å². The summed E-state index contributed by atoms with van der Waals surface area (Å²) in [5.74, 6) is 0.620. The van der Waals surface area contributed by atoms with Crippen molar-refractivity contribution in [3.05, 3.63) is 29.8 Å². The third kappa shape index (κ3) is 5.19. The second kappa shape index (κ2) is 7.01. The number of aromatic hydroxyl groups is 1. The number of carbonyl (C=O) groups excluding carboxylic acids is 1. The van der Waals surface area contributed by atoms with E-state index in [2.05, 4.69) is 19.2 Å². The number of hydrogen-bond donors (Lipinski definition) is 3. The molecule has 0 fully saturated rings. The first-order chi connectivity index (χ1) is 8.51. The van der Waals surface area contributed by atoms with Gasteiger partial charge in [0.25, 0.3) is 0 Å². The average Bonchev–Trinajstić information content (AvgIpc) is 2.27. The van der Waals surface area contributed by atoms with Crippen LogP contribution in [0.3, 0.4) is 0 Å². The van der Waals surface area contributed by atoms with Crippen molar-refractivity contribution in [3.63, 3.8) is 0 Å². The molecule has 0 aromatic heterocycles. The Bertz CT molecular complexity index is 391. The van der Waals surface area contributed by atoms with E-state index in [1.807, 2.05) is 6.07 Å². The molecule has 0 saturated heterocycles. The molecule has 0 aliphatic rings. The molecule has 0 heterocycles. The van der Waals surface area contributed by atoms with Crippen LogP contribution < -0.4 is 11.1 Å². The number of benzene rings is 1. The van der Waals surface area contributed by atoms with Gasteiger partial charge in [-0.05, 0) is 30.0 Å². The zero-order valence-corrected chi connectivity index (χ0v) is 11.0. The number of amides is 1. The Balaban J connectivity index is 2.50. The van der Waals surface area contributed by atoms with Crippen LogP contribution in [0.1, 0.15) is 25.8 Å². The molecule has 4 heteroatoms. The molecule has 1 unspecified atom stereocenters. The maximum atomic E-state index is 11.8. The predicted molar refractivity (Wildman–Crippen MR) is 72.3 cm³/mol. The first-order valence-electron chi connectivity index (χ1n) is 6.28. The van der Waals surface area contributed by atoms with Crippen LogP contribution in [0.4, 0.5) is 0 Å². The van der Waals surface area contributed by atoms with E-state index in [0.29, 0.717) is 12.5 Å². The van der Waals surface area contributed by atoms with E-state index in [9.17, 15) is 9.90 Å². The minimum absolute atomic E-state index is 0.0230. The first-order valence-corrected chi connectivity index (χ1v) is 6.28. The van der Waals surface area contributed by atoms with Gasteiger partial charge in [0.2, 0.25) is 5.91 Å². The Labute approximate surface area is 108 Å². The van der Waals surface area contributed by atoms with Gasteiger partial charge in [0.05, 0.1) is 6.42 Å². The number of rotatable bonds is 6. The molecule has 1 aromatic rings. The molecule has 1 rings (SSSR count). The number of phenols is 1. The second-order valence-corrected chi connectivity index (χ2v) is 4.98. The van der Waals surface area contributed by atoms with Crippen molar-refractivity contribution in [1.82, 2.24) is 5.32 Å². The van der Waals surface area contributed by atoms with Crippen molar-refractivity contribution in [2.24, 2.45) is 11.7 Å². The minimum atomic E-state index is -0.0586. The molecule has 100 valence electrons. The van der Waals surface area contributed by atoms with Gasteiger partial charge in [-0.15, -0.1) is 0 Å². The summed E-state index contributed by atoms with van der Waals surface area (Å²) < 4.78 is 0. The minimum Gasteiger partial charge on any atom is -0.508 e. The van der Waals surface area contributed by atoms with Gasteiger partial charge in [-0.2, -0.15) is 0 Å². The summed E-state index contributed by atoms with van der Waals surface area (Å²) in [6.45, 7) is 4.65. The lowest BCUT2D eigenvalue weighted by Gasteiger charge is -2.18. The van der Waals surface area contributed by atoms with E-state index in [1.165, 1.54) is 0 Å². The lowest BCUT2D eigenvalue weighted by molar-refractivity contribution is -0.121. The predicted octanol–water partition coefficient (Wildman–Crippen LogP) is 1.42. The van der Waals surface area contributed by atoms with Gasteiger partial charge in [-0.3, -0.25) is 4.79 Å². The fourth-order valence-corrected chi connectivity index (χ4v) is 1.91. The molecule has 0 aliphatic carbocycles. The van der Waals surface area contributed by atoms with Crippen LogP contribution in [0.15, 0.2) is 24.3 Å². The molecule has 1 atom stereocenters. The SMILES string of the molecule is CC(C)CC(CN)NC(=O)Cc1cccc(O)c1. The van der Waals surface area contributed by atoms with Gasteiger partial charge < -0.3 is 16.2 Å². The highest BCUT2D eigenvalue weighted by atomic mass is 16.3. The smallest absolute Gasteiger partial charge is 0.224 e. The fraction of sp³-hybridized carbons (Fsp3) is 0.500. The van der Waals surface area contributed by atoms with E-state index in [-0.39, 0.29) is 24.1 Å². The van der Waals surface area contributed by atoms with Gasteiger partial charge in [-0.25, -0.2) is 0 Å². The average molecular weight is 250 g/mol. The maximum Gasteiger partial charge on any atom is 0.224 e. The number of nitrogens with two attached hydrogens (primary N) is 1. The van der Waals surface area contributed by atoms with Gasteiger partial charge in [0.15, 0.2) is 0 Å². The molecule has 0 aliphatic heterocycles. The van der Waals surface area contributed by atoms with Crippen LogP contribution in [0.25, 0.3) is 0 Å². The summed E-state index contributed by atoms with van der Waals surface area (Å²) in [7, 11) is 0. The molecule has 0 bridgehead atoms. The van der Waals surface area contributed by atoms with Crippen LogP contribution >= 0.6 is 0 Å². The molecule has 1 aromatic carbocycles. The quantitative estimate of drug-likeness (QED) is 0.715. The molecule has 4 nitrogen and oxygen atoms in total. The molecule has 0 spiro atoms. The van der Waals surface area contributed by atoms with E-state index in [0.717, 1.165) is 12.0 Å². The van der Waals surface area contributed by atoms with Gasteiger partial charge in [0.1, 0.15) is 5.75 Å². The van der Waals surface area contributed by atoms with Gasteiger partial charge in [0, 0.05) is 12.6 Å². The molecule has 1 amide bonds. The molecular formula is C14H22N2O2. The summed E-state index contributed by atoms with van der Waals surface area (Å²) in [6, 6.07) is 6.75. The number of nitrogens with one attached hydrogen (secondary N) is 1. The zero-order valence-electron chi connectivity index (χ0n) is 11.0. The van der Waals surface area contributed by atoms with Crippen molar-refractivity contribution < 1.29 is 9.90 Å². The van der Waals surface area contributed by atoms with Crippen molar-refractivity contribution in [2.45, 2.75) is 32.7 Å². The van der Waals surface area contributed by atoms with Crippen molar-refractivity contribution in [3.8, 4) is 5.75 Å². The largest absolute Gasteiger partial charge is 0.508 e. The Morgan fingerprint density at radius 2 is 2.17 bits per heavy atom. The van der Waals surface area contributed by atoms with Crippen molar-refractivity contribution in [2.75, 3.05) is 6.54 Å². The summed E-state index contributed by atoms with van der Waals surface area (Å²) in [6.07, 6.45) is 1.14. The number of hydrogen-bond acceptors (Lipinski definition) is 3. The molecule has 4 N–H and O–H groups in total. The van der Waals surface area contributed by atoms with Gasteiger partial charge >= 0.3 is 0 Å². The standard InChI is InChI=1S/C14H22N2O2/c1-10(2)6-12(9-15)16-14(18)8-11-4-3-5-13(17)7-11/h3-5,7,10,12,17H,6,8-9,15H2,1-2H3,(H,16,18). The lowest BCUT2D eigenvalue weighted by atomic mass is 10.0. The highest BCUT2D eigenvalue weighted by Gasteiger charge is 2.12. The Morgan fingerprint density at radius 1 is 1.44 bits per heavy atom. The van der Waals surface area contributed by atoms with Crippen LogP contribution in [0, 0.1) is 5.92 Å². The topological polar surface area (TPSA) is 75.3 Å². The Morgan fingerprint density at radius 3 is 2.72 bits per heavy atom. The molecule has 0 radical (unpaired) electrons. The molecule has 0 saturated carbocycles. The number of phenolic OH excluding ortho intramolecular Hbond substituents is 1.